The third-order valence-corrected chi connectivity index (χ3v) is 5.21. The lowest BCUT2D eigenvalue weighted by molar-refractivity contribution is -0.545. The molecular weight excluding hydrogens is 338 g/mol. The number of aliphatic imine (C=N–C) groups is 1. The Morgan fingerprint density at radius 2 is 1.92 bits per heavy atom. The van der Waals surface area contributed by atoms with Crippen molar-refractivity contribution in [1.29, 1.82) is 0 Å². The van der Waals surface area contributed by atoms with Crippen molar-refractivity contribution >= 4 is 23.6 Å². The van der Waals surface area contributed by atoms with Gasteiger partial charge in [0, 0.05) is 27.7 Å². The highest BCUT2D eigenvalue weighted by Crippen LogP contribution is 2.19. The van der Waals surface area contributed by atoms with Crippen LogP contribution in [-0.4, -0.2) is 114 Å². The number of piperidine rings is 1. The van der Waals surface area contributed by atoms with E-state index in [1.54, 1.807) is 18.7 Å². The Morgan fingerprint density at radius 3 is 2.58 bits per heavy atom. The Morgan fingerprint density at radius 1 is 1.23 bits per heavy atom. The molecule has 3 aliphatic heterocycles. The predicted octanol–water partition coefficient (Wildman–Crippen LogP) is -0.805. The van der Waals surface area contributed by atoms with Gasteiger partial charge in [-0.05, 0) is 30.9 Å². The van der Waals surface area contributed by atoms with Crippen LogP contribution in [-0.2, 0) is 9.53 Å². The summed E-state index contributed by atoms with van der Waals surface area (Å²) in [5.74, 6) is 0.631. The number of hydrogen-bond acceptors (Lipinski definition) is 6. The standard InChI is InChI=1S/C17H28N5O4/c1-19-15-14(16(24)20(2)17(19)25)22(13(18-15)11-26-3)10-12(23)9-21-7-5-4-6-8-21/h12,14,23H,4-11H2,1-3H3/q+1. The van der Waals surface area contributed by atoms with Gasteiger partial charge in [-0.15, -0.1) is 0 Å². The molecule has 2 unspecified atom stereocenters. The number of amides is 3. The second-order valence-electron chi connectivity index (χ2n) is 7.13. The molecule has 9 heteroatoms. The van der Waals surface area contributed by atoms with E-state index in [-0.39, 0.29) is 19.1 Å². The molecule has 0 aromatic heterocycles. The number of hydrogen-bond donors (Lipinski definition) is 1. The number of carbonyl (C=O) groups excluding carboxylic acids is 2. The van der Waals surface area contributed by atoms with Gasteiger partial charge in [-0.1, -0.05) is 6.42 Å². The van der Waals surface area contributed by atoms with Crippen LogP contribution in [0.25, 0.3) is 0 Å². The van der Waals surface area contributed by atoms with Crippen LogP contribution in [0.15, 0.2) is 4.99 Å². The van der Waals surface area contributed by atoms with Crippen LogP contribution in [0.2, 0.25) is 0 Å². The number of likely N-dealkylation sites (N-methyl/N-ethyl adjacent to an activating group) is 2. The molecule has 26 heavy (non-hydrogen) atoms. The number of methoxy groups -OCH3 is 1. The molecule has 1 N–H and O–H groups in total. The topological polar surface area (TPSA) is 88.7 Å². The SMILES string of the molecule is COCC1=[N+](CC(O)CN2CCCCC2)C2C(=O)N(C)C(=O)N(C)C2=N1. The Balaban J connectivity index is 1.78. The lowest BCUT2D eigenvalue weighted by atomic mass is 10.1. The van der Waals surface area contributed by atoms with Gasteiger partial charge >= 0.3 is 11.9 Å². The van der Waals surface area contributed by atoms with E-state index in [9.17, 15) is 14.7 Å². The molecule has 0 aliphatic carbocycles. The van der Waals surface area contributed by atoms with Crippen LogP contribution in [0.1, 0.15) is 19.3 Å². The zero-order valence-electron chi connectivity index (χ0n) is 15.7. The van der Waals surface area contributed by atoms with Crippen molar-refractivity contribution in [2.24, 2.45) is 4.99 Å². The first kappa shape index (κ1) is 18.9. The van der Waals surface area contributed by atoms with Crippen molar-refractivity contribution in [3.63, 3.8) is 0 Å². The minimum Gasteiger partial charge on any atom is -0.388 e. The zero-order chi connectivity index (χ0) is 18.8. The first-order valence-corrected chi connectivity index (χ1v) is 9.09. The summed E-state index contributed by atoms with van der Waals surface area (Å²) >= 11 is 0. The molecule has 3 rings (SSSR count). The van der Waals surface area contributed by atoms with Crippen molar-refractivity contribution in [3.8, 4) is 0 Å². The largest absolute Gasteiger partial charge is 0.388 e. The van der Waals surface area contributed by atoms with E-state index in [2.05, 4.69) is 9.89 Å². The van der Waals surface area contributed by atoms with Gasteiger partial charge in [-0.2, -0.15) is 0 Å². The van der Waals surface area contributed by atoms with E-state index in [1.807, 2.05) is 0 Å². The Hall–Kier alpha value is -1.84. The maximum Gasteiger partial charge on any atom is 0.333 e. The van der Waals surface area contributed by atoms with Crippen LogP contribution >= 0.6 is 0 Å². The molecule has 3 heterocycles. The number of fused-ring (bicyclic) bond motifs is 1. The molecular formula is C17H28N5O4+. The minimum atomic E-state index is -0.691. The van der Waals surface area contributed by atoms with Gasteiger partial charge in [-0.25, -0.2) is 9.37 Å². The number of β-amino-alcohol motifs (C(OH)–C–C–N with tert-alkyl or cyclic N) is 1. The highest BCUT2D eigenvalue weighted by molar-refractivity contribution is 6.22. The van der Waals surface area contributed by atoms with Crippen molar-refractivity contribution in [1.82, 2.24) is 14.7 Å². The molecule has 0 aromatic rings. The first-order valence-electron chi connectivity index (χ1n) is 9.09. The van der Waals surface area contributed by atoms with Crippen molar-refractivity contribution in [2.45, 2.75) is 31.4 Å². The summed E-state index contributed by atoms with van der Waals surface area (Å²) in [6.45, 7) is 3.05. The lowest BCUT2D eigenvalue weighted by Crippen LogP contribution is -2.62. The summed E-state index contributed by atoms with van der Waals surface area (Å²) in [6.07, 6.45) is 2.94. The molecule has 0 radical (unpaired) electrons. The fraction of sp³-hybridized carbons (Fsp3) is 0.765. The molecule has 0 bridgehead atoms. The quantitative estimate of drug-likeness (QED) is 0.622. The van der Waals surface area contributed by atoms with Crippen LogP contribution < -0.4 is 0 Å². The lowest BCUT2D eigenvalue weighted by Gasteiger charge is -2.32. The maximum atomic E-state index is 12.7. The maximum absolute atomic E-state index is 12.7. The third kappa shape index (κ3) is 3.51. The number of carbonyl (C=O) groups is 2. The first-order chi connectivity index (χ1) is 12.4. The Bertz CT molecular complexity index is 641. The van der Waals surface area contributed by atoms with Crippen molar-refractivity contribution in [3.05, 3.63) is 0 Å². The van der Waals surface area contributed by atoms with Gasteiger partial charge in [0.25, 0.3) is 17.8 Å². The number of imide groups is 1. The van der Waals surface area contributed by atoms with Gasteiger partial charge in [0.05, 0.1) is 0 Å². The number of aliphatic hydroxyl groups excluding tert-OH is 1. The molecule has 2 fully saturated rings. The Labute approximate surface area is 153 Å². The van der Waals surface area contributed by atoms with Gasteiger partial charge in [-0.3, -0.25) is 14.6 Å². The fourth-order valence-electron chi connectivity index (χ4n) is 3.83. The Kier molecular flexibility index (Phi) is 5.69. The summed E-state index contributed by atoms with van der Waals surface area (Å²) in [5.41, 5.74) is 0. The monoisotopic (exact) mass is 366 g/mol. The summed E-state index contributed by atoms with van der Waals surface area (Å²) in [7, 11) is 4.63. The smallest absolute Gasteiger partial charge is 0.333 e. The predicted molar refractivity (Wildman–Crippen MR) is 95.5 cm³/mol. The van der Waals surface area contributed by atoms with Gasteiger partial charge in [0.1, 0.15) is 12.6 Å². The number of ether oxygens (including phenoxy) is 1. The van der Waals surface area contributed by atoms with Crippen LogP contribution in [0.5, 0.6) is 0 Å². The van der Waals surface area contributed by atoms with Crippen molar-refractivity contribution < 1.29 is 24.0 Å². The van der Waals surface area contributed by atoms with Gasteiger partial charge < -0.3 is 14.7 Å². The molecule has 9 nitrogen and oxygen atoms in total. The highest BCUT2D eigenvalue weighted by atomic mass is 16.5. The van der Waals surface area contributed by atoms with Gasteiger partial charge in [0.15, 0.2) is 6.61 Å². The van der Waals surface area contributed by atoms with E-state index >= 15 is 0 Å². The summed E-state index contributed by atoms with van der Waals surface area (Å²) in [5, 5.41) is 10.6. The van der Waals surface area contributed by atoms with E-state index in [0.717, 1.165) is 30.8 Å². The van der Waals surface area contributed by atoms with Crippen molar-refractivity contribution in [2.75, 3.05) is 54.0 Å². The number of aliphatic hydroxyl groups is 1. The number of nitrogens with zero attached hydrogens (tertiary/aromatic N) is 5. The number of amidine groups is 2. The molecule has 2 saturated heterocycles. The summed E-state index contributed by atoms with van der Waals surface area (Å²) < 4.78 is 6.98. The van der Waals surface area contributed by atoms with Crippen LogP contribution in [0.3, 0.4) is 0 Å². The molecule has 144 valence electrons. The molecule has 0 saturated carbocycles. The third-order valence-electron chi connectivity index (χ3n) is 5.21. The minimum absolute atomic E-state index is 0.218. The van der Waals surface area contributed by atoms with E-state index in [1.165, 1.54) is 18.4 Å². The van der Waals surface area contributed by atoms with E-state index in [0.29, 0.717) is 18.2 Å². The highest BCUT2D eigenvalue weighted by Gasteiger charge is 2.53. The molecule has 3 amide bonds. The fourth-order valence-corrected chi connectivity index (χ4v) is 3.83. The summed E-state index contributed by atoms with van der Waals surface area (Å²) in [4.78, 5) is 34.1. The molecule has 2 atom stereocenters. The molecule has 3 aliphatic rings. The van der Waals surface area contributed by atoms with Crippen LogP contribution in [0.4, 0.5) is 4.79 Å². The van der Waals surface area contributed by atoms with E-state index < -0.39 is 18.2 Å². The number of likely N-dealkylation sites (tertiary alicyclic amines) is 1. The second kappa shape index (κ2) is 7.81. The van der Waals surface area contributed by atoms with Gasteiger partial charge in [0.2, 0.25) is 0 Å². The number of urea groups is 1. The van der Waals surface area contributed by atoms with Crippen LogP contribution in [0, 0.1) is 0 Å². The average Bonchev–Trinajstić information content (AvgIpc) is 2.97. The zero-order valence-corrected chi connectivity index (χ0v) is 15.7. The average molecular weight is 366 g/mol. The normalized spacial score (nSPS) is 25.7. The second-order valence-corrected chi connectivity index (χ2v) is 7.13. The molecule has 0 aromatic carbocycles. The van der Waals surface area contributed by atoms with E-state index in [4.69, 9.17) is 4.74 Å². The molecule has 0 spiro atoms. The number of rotatable bonds is 6. The summed E-state index contributed by atoms with van der Waals surface area (Å²) in [6, 6.07) is -1.10.